The van der Waals surface area contributed by atoms with Gasteiger partial charge in [-0.1, -0.05) is 30.3 Å². The molecule has 0 saturated carbocycles. The third-order valence-electron chi connectivity index (χ3n) is 5.03. The molecule has 0 unspecified atom stereocenters. The summed E-state index contributed by atoms with van der Waals surface area (Å²) in [5.41, 5.74) is 2.46. The second-order valence-corrected chi connectivity index (χ2v) is 8.35. The Labute approximate surface area is 173 Å². The van der Waals surface area contributed by atoms with Gasteiger partial charge < -0.3 is 10.6 Å². The fourth-order valence-electron chi connectivity index (χ4n) is 3.63. The Bertz CT molecular complexity index is 1330. The standard InChI is InChI=1S/C22H18N2O5S/c1-12-7-8-15(18(11-12)30(27,28)29)24-17-10-9-16(23-2)19-20(17)22(26)14-6-4-3-5-13(14)21(19)25/h3-11,23-24H,1-2H3,(H,27,28,29). The molecule has 30 heavy (non-hydrogen) atoms. The molecule has 3 aromatic carbocycles. The Morgan fingerprint density at radius 2 is 1.33 bits per heavy atom. The predicted molar refractivity (Wildman–Crippen MR) is 114 cm³/mol. The summed E-state index contributed by atoms with van der Waals surface area (Å²) in [6, 6.07) is 14.3. The van der Waals surface area contributed by atoms with E-state index in [1.54, 1.807) is 56.4 Å². The number of hydrogen-bond acceptors (Lipinski definition) is 6. The molecule has 0 amide bonds. The Morgan fingerprint density at radius 3 is 1.90 bits per heavy atom. The molecule has 1 aliphatic rings. The van der Waals surface area contributed by atoms with Crippen molar-refractivity contribution in [1.29, 1.82) is 0 Å². The van der Waals surface area contributed by atoms with E-state index in [1.165, 1.54) is 12.1 Å². The van der Waals surface area contributed by atoms with Crippen LogP contribution in [0.1, 0.15) is 37.4 Å². The summed E-state index contributed by atoms with van der Waals surface area (Å²) >= 11 is 0. The molecule has 0 aliphatic heterocycles. The van der Waals surface area contributed by atoms with Gasteiger partial charge in [0.25, 0.3) is 10.1 Å². The summed E-state index contributed by atoms with van der Waals surface area (Å²) in [6.45, 7) is 1.70. The van der Waals surface area contributed by atoms with Crippen molar-refractivity contribution in [3.05, 3.63) is 82.4 Å². The predicted octanol–water partition coefficient (Wildman–Crippen LogP) is 3.80. The van der Waals surface area contributed by atoms with Gasteiger partial charge in [-0.15, -0.1) is 0 Å². The largest absolute Gasteiger partial charge is 0.388 e. The van der Waals surface area contributed by atoms with Crippen molar-refractivity contribution >= 4 is 38.7 Å². The number of rotatable bonds is 4. The maximum atomic E-state index is 13.3. The lowest BCUT2D eigenvalue weighted by molar-refractivity contribution is 0.0980. The molecule has 0 spiro atoms. The van der Waals surface area contributed by atoms with Crippen LogP contribution in [0.2, 0.25) is 0 Å². The monoisotopic (exact) mass is 422 g/mol. The molecule has 0 saturated heterocycles. The molecule has 0 heterocycles. The average Bonchev–Trinajstić information content (AvgIpc) is 2.72. The third-order valence-corrected chi connectivity index (χ3v) is 5.92. The Morgan fingerprint density at radius 1 is 0.800 bits per heavy atom. The van der Waals surface area contributed by atoms with Gasteiger partial charge in [0.05, 0.1) is 22.5 Å². The smallest absolute Gasteiger partial charge is 0.296 e. The van der Waals surface area contributed by atoms with Gasteiger partial charge in [-0.05, 0) is 36.8 Å². The highest BCUT2D eigenvalue weighted by Crippen LogP contribution is 2.38. The van der Waals surface area contributed by atoms with Crippen LogP contribution in [0.15, 0.2) is 59.5 Å². The molecule has 0 radical (unpaired) electrons. The van der Waals surface area contributed by atoms with Crippen molar-refractivity contribution in [2.24, 2.45) is 0 Å². The molecule has 0 atom stereocenters. The number of nitrogens with one attached hydrogen (secondary N) is 2. The van der Waals surface area contributed by atoms with Crippen molar-refractivity contribution in [2.75, 3.05) is 17.7 Å². The molecule has 4 rings (SSSR count). The van der Waals surface area contributed by atoms with Gasteiger partial charge >= 0.3 is 0 Å². The van der Waals surface area contributed by atoms with Crippen LogP contribution in [0.4, 0.5) is 17.1 Å². The second-order valence-electron chi connectivity index (χ2n) is 6.96. The Kier molecular flexibility index (Phi) is 4.68. The van der Waals surface area contributed by atoms with Gasteiger partial charge in [0.2, 0.25) is 0 Å². The van der Waals surface area contributed by atoms with Gasteiger partial charge in [0.15, 0.2) is 11.6 Å². The van der Waals surface area contributed by atoms with E-state index in [0.29, 0.717) is 16.8 Å². The van der Waals surface area contributed by atoms with E-state index in [0.717, 1.165) is 0 Å². The summed E-state index contributed by atoms with van der Waals surface area (Å²) in [4.78, 5) is 26.1. The summed E-state index contributed by atoms with van der Waals surface area (Å²) in [5, 5.41) is 5.86. The highest BCUT2D eigenvalue weighted by atomic mass is 32.2. The fourth-order valence-corrected chi connectivity index (χ4v) is 4.36. The highest BCUT2D eigenvalue weighted by Gasteiger charge is 2.34. The first-order valence-corrected chi connectivity index (χ1v) is 10.5. The minimum atomic E-state index is -4.51. The quantitative estimate of drug-likeness (QED) is 0.429. The van der Waals surface area contributed by atoms with E-state index in [1.807, 2.05) is 0 Å². The van der Waals surface area contributed by atoms with Crippen molar-refractivity contribution < 1.29 is 22.6 Å². The zero-order chi connectivity index (χ0) is 21.6. The van der Waals surface area contributed by atoms with Crippen LogP contribution in [-0.2, 0) is 10.1 Å². The number of anilines is 3. The van der Waals surface area contributed by atoms with Gasteiger partial charge in [-0.3, -0.25) is 14.1 Å². The maximum absolute atomic E-state index is 13.3. The third kappa shape index (κ3) is 3.16. The number of hydrogen-bond donors (Lipinski definition) is 3. The molecule has 3 aromatic rings. The van der Waals surface area contributed by atoms with Crippen LogP contribution in [0.5, 0.6) is 0 Å². The normalized spacial score (nSPS) is 12.9. The molecule has 8 heteroatoms. The summed E-state index contributed by atoms with van der Waals surface area (Å²) in [5.74, 6) is -0.646. The first-order valence-electron chi connectivity index (χ1n) is 9.10. The second kappa shape index (κ2) is 7.08. The zero-order valence-electron chi connectivity index (χ0n) is 16.2. The Balaban J connectivity index is 1.93. The minimum absolute atomic E-state index is 0.0987. The van der Waals surface area contributed by atoms with Crippen LogP contribution in [-0.4, -0.2) is 31.6 Å². The first kappa shape index (κ1) is 19.8. The molecule has 0 fully saturated rings. The van der Waals surface area contributed by atoms with Gasteiger partial charge in [-0.25, -0.2) is 0 Å². The van der Waals surface area contributed by atoms with E-state index < -0.39 is 10.1 Å². The number of carbonyl (C=O) groups excluding carboxylic acids is 2. The topological polar surface area (TPSA) is 113 Å². The molecular weight excluding hydrogens is 404 g/mol. The molecule has 0 aromatic heterocycles. The maximum Gasteiger partial charge on any atom is 0.296 e. The molecule has 0 bridgehead atoms. The summed E-state index contributed by atoms with van der Waals surface area (Å²) < 4.78 is 33.3. The van der Waals surface area contributed by atoms with E-state index in [2.05, 4.69) is 10.6 Å². The van der Waals surface area contributed by atoms with E-state index >= 15 is 0 Å². The number of carbonyl (C=O) groups is 2. The molecule has 3 N–H and O–H groups in total. The lowest BCUT2D eigenvalue weighted by Crippen LogP contribution is -2.23. The van der Waals surface area contributed by atoms with Gasteiger partial charge in [0, 0.05) is 23.9 Å². The molecule has 152 valence electrons. The summed E-state index contributed by atoms with van der Waals surface area (Å²) in [7, 11) is -2.86. The van der Waals surface area contributed by atoms with Crippen molar-refractivity contribution in [1.82, 2.24) is 0 Å². The average molecular weight is 422 g/mol. The fraction of sp³-hybridized carbons (Fsp3) is 0.0909. The van der Waals surface area contributed by atoms with Crippen molar-refractivity contribution in [2.45, 2.75) is 11.8 Å². The highest BCUT2D eigenvalue weighted by molar-refractivity contribution is 7.86. The number of benzene rings is 3. The van der Waals surface area contributed by atoms with Crippen molar-refractivity contribution in [3.63, 3.8) is 0 Å². The van der Waals surface area contributed by atoms with E-state index in [4.69, 9.17) is 0 Å². The number of fused-ring (bicyclic) bond motifs is 2. The van der Waals surface area contributed by atoms with Crippen LogP contribution < -0.4 is 10.6 Å². The van der Waals surface area contributed by atoms with Gasteiger partial charge in [-0.2, -0.15) is 8.42 Å². The zero-order valence-corrected chi connectivity index (χ0v) is 17.0. The van der Waals surface area contributed by atoms with Gasteiger partial charge in [0.1, 0.15) is 4.90 Å². The minimum Gasteiger partial charge on any atom is -0.388 e. The molecular formula is C22H18N2O5S. The van der Waals surface area contributed by atoms with E-state index in [9.17, 15) is 22.6 Å². The van der Waals surface area contributed by atoms with Crippen molar-refractivity contribution in [3.8, 4) is 0 Å². The molecule has 7 nitrogen and oxygen atoms in total. The van der Waals surface area contributed by atoms with Crippen LogP contribution in [0.25, 0.3) is 0 Å². The number of aryl methyl sites for hydroxylation is 1. The SMILES string of the molecule is CNc1ccc(Nc2ccc(C)cc2S(=O)(=O)O)c2c1C(=O)c1ccccc1C2=O. The van der Waals surface area contributed by atoms with E-state index in [-0.39, 0.29) is 44.5 Å². The van der Waals surface area contributed by atoms with Crippen LogP contribution >= 0.6 is 0 Å². The van der Waals surface area contributed by atoms with Crippen LogP contribution in [0, 0.1) is 6.92 Å². The Hall–Kier alpha value is -3.49. The lowest BCUT2D eigenvalue weighted by Gasteiger charge is -2.23. The first-order chi connectivity index (χ1) is 14.2. The lowest BCUT2D eigenvalue weighted by atomic mass is 9.82. The molecule has 1 aliphatic carbocycles. The number of ketones is 2. The van der Waals surface area contributed by atoms with Crippen LogP contribution in [0.3, 0.4) is 0 Å². The summed E-state index contributed by atoms with van der Waals surface area (Å²) in [6.07, 6.45) is 0.